The van der Waals surface area contributed by atoms with E-state index in [0.29, 0.717) is 10.7 Å². The fraction of sp³-hybridized carbons (Fsp3) is 0.571. The maximum absolute atomic E-state index is 13.1. The number of hydrogen-bond donors (Lipinski definition) is 0. The summed E-state index contributed by atoms with van der Waals surface area (Å²) in [6, 6.07) is 7.03. The first-order chi connectivity index (χ1) is 7.75. The van der Waals surface area contributed by atoms with Gasteiger partial charge in [0.05, 0.1) is 0 Å². The molecule has 0 aliphatic heterocycles. The summed E-state index contributed by atoms with van der Waals surface area (Å²) in [5, 5.41) is 0. The Kier molecular flexibility index (Phi) is 4.39. The Labute approximate surface area is 105 Å². The maximum atomic E-state index is 13.1. The van der Waals surface area contributed by atoms with Crippen LogP contribution in [0.1, 0.15) is 37.7 Å². The molecule has 1 fully saturated rings. The van der Waals surface area contributed by atoms with Crippen molar-refractivity contribution >= 4 is 15.9 Å². The Balaban J connectivity index is 2.02. The SMILES string of the molecule is Fc1cccc(CC2CCCCCC2Br)c1. The predicted molar refractivity (Wildman–Crippen MR) is 69.4 cm³/mol. The van der Waals surface area contributed by atoms with Gasteiger partial charge < -0.3 is 0 Å². The molecule has 0 saturated heterocycles. The molecule has 2 unspecified atom stereocenters. The van der Waals surface area contributed by atoms with Gasteiger partial charge in [0.2, 0.25) is 0 Å². The fourth-order valence-corrected chi connectivity index (χ4v) is 3.31. The van der Waals surface area contributed by atoms with Crippen molar-refractivity contribution in [3.8, 4) is 0 Å². The summed E-state index contributed by atoms with van der Waals surface area (Å²) < 4.78 is 13.1. The van der Waals surface area contributed by atoms with Crippen LogP contribution in [0.15, 0.2) is 24.3 Å². The third-order valence-electron chi connectivity index (χ3n) is 3.45. The van der Waals surface area contributed by atoms with E-state index in [1.165, 1.54) is 38.2 Å². The molecule has 0 amide bonds. The van der Waals surface area contributed by atoms with Crippen molar-refractivity contribution in [2.45, 2.75) is 43.4 Å². The van der Waals surface area contributed by atoms with Crippen molar-refractivity contribution in [1.82, 2.24) is 0 Å². The molecule has 1 aliphatic carbocycles. The van der Waals surface area contributed by atoms with E-state index in [1.807, 2.05) is 12.1 Å². The van der Waals surface area contributed by atoms with Gasteiger partial charge in [-0.25, -0.2) is 4.39 Å². The van der Waals surface area contributed by atoms with Gasteiger partial charge in [-0.15, -0.1) is 0 Å². The third-order valence-corrected chi connectivity index (χ3v) is 4.66. The molecule has 2 rings (SSSR count). The molecule has 2 atom stereocenters. The van der Waals surface area contributed by atoms with Gasteiger partial charge in [-0.05, 0) is 42.9 Å². The first kappa shape index (κ1) is 12.1. The average Bonchev–Trinajstić information content (AvgIpc) is 2.45. The van der Waals surface area contributed by atoms with E-state index in [2.05, 4.69) is 15.9 Å². The monoisotopic (exact) mass is 284 g/mol. The van der Waals surface area contributed by atoms with E-state index in [-0.39, 0.29) is 5.82 Å². The van der Waals surface area contributed by atoms with Crippen LogP contribution in [0.3, 0.4) is 0 Å². The largest absolute Gasteiger partial charge is 0.207 e. The predicted octanol–water partition coefficient (Wildman–Crippen LogP) is 4.71. The van der Waals surface area contributed by atoms with Crippen LogP contribution in [-0.4, -0.2) is 4.83 Å². The molecular formula is C14H18BrF. The molecule has 2 heteroatoms. The quantitative estimate of drug-likeness (QED) is 0.545. The second-order valence-electron chi connectivity index (χ2n) is 4.75. The molecule has 1 aliphatic rings. The van der Waals surface area contributed by atoms with E-state index in [0.717, 1.165) is 12.0 Å². The Hall–Kier alpha value is -0.370. The minimum atomic E-state index is -0.114. The standard InChI is InChI=1S/C14H18BrF/c15-14-8-3-1-2-6-12(14)9-11-5-4-7-13(16)10-11/h4-5,7,10,12,14H,1-3,6,8-9H2. The van der Waals surface area contributed by atoms with Gasteiger partial charge in [0.1, 0.15) is 5.82 Å². The van der Waals surface area contributed by atoms with Crippen LogP contribution >= 0.6 is 15.9 Å². The Morgan fingerprint density at radius 2 is 2.00 bits per heavy atom. The van der Waals surface area contributed by atoms with Crippen LogP contribution in [0.25, 0.3) is 0 Å². The van der Waals surface area contributed by atoms with Crippen LogP contribution in [0, 0.1) is 11.7 Å². The molecule has 0 N–H and O–H groups in total. The molecule has 88 valence electrons. The smallest absolute Gasteiger partial charge is 0.123 e. The normalized spacial score (nSPS) is 26.4. The Bertz CT molecular complexity index is 337. The van der Waals surface area contributed by atoms with Crippen molar-refractivity contribution in [2.75, 3.05) is 0 Å². The van der Waals surface area contributed by atoms with Gasteiger partial charge in [-0.3, -0.25) is 0 Å². The highest BCUT2D eigenvalue weighted by Crippen LogP contribution is 2.31. The summed E-state index contributed by atoms with van der Waals surface area (Å²) in [5.41, 5.74) is 1.14. The lowest BCUT2D eigenvalue weighted by Crippen LogP contribution is -2.15. The van der Waals surface area contributed by atoms with Crippen LogP contribution in [0.2, 0.25) is 0 Å². The molecule has 1 saturated carbocycles. The highest BCUT2D eigenvalue weighted by molar-refractivity contribution is 9.09. The molecule has 0 spiro atoms. The van der Waals surface area contributed by atoms with E-state index >= 15 is 0 Å². The maximum Gasteiger partial charge on any atom is 0.123 e. The van der Waals surface area contributed by atoms with Gasteiger partial charge in [0.15, 0.2) is 0 Å². The van der Waals surface area contributed by atoms with Crippen LogP contribution < -0.4 is 0 Å². The van der Waals surface area contributed by atoms with Crippen LogP contribution in [-0.2, 0) is 6.42 Å². The summed E-state index contributed by atoms with van der Waals surface area (Å²) in [6.45, 7) is 0. The molecule has 0 nitrogen and oxygen atoms in total. The summed E-state index contributed by atoms with van der Waals surface area (Å²) >= 11 is 3.79. The number of halogens is 2. The van der Waals surface area contributed by atoms with Crippen LogP contribution in [0.5, 0.6) is 0 Å². The zero-order chi connectivity index (χ0) is 11.4. The van der Waals surface area contributed by atoms with Crippen LogP contribution in [0.4, 0.5) is 4.39 Å². The van der Waals surface area contributed by atoms with E-state index < -0.39 is 0 Å². The van der Waals surface area contributed by atoms with Gasteiger partial charge >= 0.3 is 0 Å². The fourth-order valence-electron chi connectivity index (χ4n) is 2.54. The van der Waals surface area contributed by atoms with E-state index in [4.69, 9.17) is 0 Å². The number of alkyl halides is 1. The van der Waals surface area contributed by atoms with Crippen molar-refractivity contribution in [3.63, 3.8) is 0 Å². The first-order valence-corrected chi connectivity index (χ1v) is 7.06. The van der Waals surface area contributed by atoms with Gasteiger partial charge in [-0.2, -0.15) is 0 Å². The van der Waals surface area contributed by atoms with Crippen molar-refractivity contribution in [2.24, 2.45) is 5.92 Å². The highest BCUT2D eigenvalue weighted by atomic mass is 79.9. The van der Waals surface area contributed by atoms with E-state index in [1.54, 1.807) is 6.07 Å². The number of benzene rings is 1. The average molecular weight is 285 g/mol. The Morgan fingerprint density at radius 3 is 2.81 bits per heavy atom. The second kappa shape index (κ2) is 5.81. The first-order valence-electron chi connectivity index (χ1n) is 6.14. The minimum absolute atomic E-state index is 0.114. The minimum Gasteiger partial charge on any atom is -0.207 e. The zero-order valence-electron chi connectivity index (χ0n) is 9.46. The highest BCUT2D eigenvalue weighted by Gasteiger charge is 2.21. The summed E-state index contributed by atoms with van der Waals surface area (Å²) in [6.07, 6.45) is 7.54. The topological polar surface area (TPSA) is 0 Å². The molecule has 16 heavy (non-hydrogen) atoms. The molecule has 0 bridgehead atoms. The van der Waals surface area contributed by atoms with E-state index in [9.17, 15) is 4.39 Å². The molecule has 1 aromatic carbocycles. The lowest BCUT2D eigenvalue weighted by Gasteiger charge is -2.19. The number of rotatable bonds is 2. The van der Waals surface area contributed by atoms with Gasteiger partial charge in [0, 0.05) is 4.83 Å². The lowest BCUT2D eigenvalue weighted by atomic mass is 9.92. The lowest BCUT2D eigenvalue weighted by molar-refractivity contribution is 0.474. The molecule has 1 aromatic rings. The van der Waals surface area contributed by atoms with Crippen molar-refractivity contribution in [3.05, 3.63) is 35.6 Å². The second-order valence-corrected chi connectivity index (χ2v) is 5.92. The molecule has 0 radical (unpaired) electrons. The zero-order valence-corrected chi connectivity index (χ0v) is 11.0. The Morgan fingerprint density at radius 1 is 1.19 bits per heavy atom. The molecule has 0 aromatic heterocycles. The summed E-state index contributed by atoms with van der Waals surface area (Å²) in [7, 11) is 0. The molecule has 0 heterocycles. The summed E-state index contributed by atoms with van der Waals surface area (Å²) in [5.74, 6) is 0.557. The number of hydrogen-bond acceptors (Lipinski definition) is 0. The van der Waals surface area contributed by atoms with Gasteiger partial charge in [0.25, 0.3) is 0 Å². The van der Waals surface area contributed by atoms with Crippen molar-refractivity contribution in [1.29, 1.82) is 0 Å². The van der Waals surface area contributed by atoms with Gasteiger partial charge in [-0.1, -0.05) is 47.3 Å². The summed E-state index contributed by atoms with van der Waals surface area (Å²) in [4.78, 5) is 0.610. The third kappa shape index (κ3) is 3.31. The van der Waals surface area contributed by atoms with Crippen molar-refractivity contribution < 1.29 is 4.39 Å². The molecular weight excluding hydrogens is 267 g/mol.